The number of nitrogens with one attached hydrogen (secondary N) is 1. The molecule has 5 heteroatoms. The van der Waals surface area contributed by atoms with E-state index in [9.17, 15) is 13.2 Å². The van der Waals surface area contributed by atoms with Crippen LogP contribution in [0.1, 0.15) is 26.7 Å². The fraction of sp³-hybridized carbons (Fsp3) is 1.00. The second-order valence-electron chi connectivity index (χ2n) is 4.69. The third kappa shape index (κ3) is 4.38. The maximum Gasteiger partial charge on any atom is 0.389 e. The van der Waals surface area contributed by atoms with Crippen LogP contribution in [0.15, 0.2) is 0 Å². The molecule has 0 bridgehead atoms. The molecule has 0 radical (unpaired) electrons. The van der Waals surface area contributed by atoms with Crippen LogP contribution in [0.3, 0.4) is 0 Å². The van der Waals surface area contributed by atoms with Crippen LogP contribution in [0.2, 0.25) is 0 Å². The quantitative estimate of drug-likeness (QED) is 0.789. The number of halogens is 3. The number of nitrogens with zero attached hydrogens (tertiary/aromatic N) is 1. The lowest BCUT2D eigenvalue weighted by Crippen LogP contribution is -2.58. The summed E-state index contributed by atoms with van der Waals surface area (Å²) in [5.74, 6) is 0. The highest BCUT2D eigenvalue weighted by atomic mass is 19.4. The third-order valence-electron chi connectivity index (χ3n) is 2.86. The van der Waals surface area contributed by atoms with Gasteiger partial charge in [0.05, 0.1) is 0 Å². The molecule has 0 aromatic rings. The van der Waals surface area contributed by atoms with Crippen LogP contribution in [0.5, 0.6) is 0 Å². The first-order valence-corrected chi connectivity index (χ1v) is 5.34. The molecule has 0 atom stereocenters. The lowest BCUT2D eigenvalue weighted by molar-refractivity contribution is -0.137. The summed E-state index contributed by atoms with van der Waals surface area (Å²) in [5, 5.41) is 3.25. The van der Waals surface area contributed by atoms with Crippen LogP contribution in [-0.4, -0.2) is 42.8 Å². The second-order valence-corrected chi connectivity index (χ2v) is 4.69. The first kappa shape index (κ1) is 12.8. The van der Waals surface area contributed by atoms with Crippen LogP contribution >= 0.6 is 0 Å². The molecule has 1 N–H and O–H groups in total. The van der Waals surface area contributed by atoms with Gasteiger partial charge in [0.1, 0.15) is 0 Å². The summed E-state index contributed by atoms with van der Waals surface area (Å²) in [5.41, 5.74) is -0.0240. The zero-order chi connectivity index (χ0) is 11.5. The highest BCUT2D eigenvalue weighted by molar-refractivity contribution is 4.88. The Morgan fingerprint density at radius 1 is 1.33 bits per heavy atom. The number of piperazine rings is 1. The fourth-order valence-corrected chi connectivity index (χ4v) is 1.91. The van der Waals surface area contributed by atoms with Crippen molar-refractivity contribution in [2.45, 2.75) is 38.4 Å². The summed E-state index contributed by atoms with van der Waals surface area (Å²) in [4.78, 5) is 2.13. The zero-order valence-electron chi connectivity index (χ0n) is 9.32. The minimum Gasteiger partial charge on any atom is -0.314 e. The number of rotatable bonds is 3. The average molecular weight is 224 g/mol. The van der Waals surface area contributed by atoms with Crippen molar-refractivity contribution in [3.05, 3.63) is 0 Å². The first-order valence-electron chi connectivity index (χ1n) is 5.34. The molecule has 15 heavy (non-hydrogen) atoms. The molecule has 1 aliphatic rings. The lowest BCUT2D eigenvalue weighted by atomic mass is 10.00. The molecule has 1 aliphatic heterocycles. The largest absolute Gasteiger partial charge is 0.389 e. The number of hydrogen-bond acceptors (Lipinski definition) is 2. The van der Waals surface area contributed by atoms with Crippen LogP contribution in [0.4, 0.5) is 13.2 Å². The van der Waals surface area contributed by atoms with E-state index in [1.165, 1.54) is 0 Å². The lowest BCUT2D eigenvalue weighted by Gasteiger charge is -2.43. The molecule has 2 nitrogen and oxygen atoms in total. The summed E-state index contributed by atoms with van der Waals surface area (Å²) in [6, 6.07) is 0. The van der Waals surface area contributed by atoms with Crippen molar-refractivity contribution in [2.75, 3.05) is 26.2 Å². The molecule has 1 fully saturated rings. The number of hydrogen-bond donors (Lipinski definition) is 1. The van der Waals surface area contributed by atoms with Gasteiger partial charge in [0.15, 0.2) is 0 Å². The molecule has 0 saturated carbocycles. The predicted octanol–water partition coefficient (Wildman–Crippen LogP) is 2.01. The standard InChI is InChI=1S/C10H19F3N2/c1-9(2)8-14-5-7-15(9)6-3-4-10(11,12)13/h14H,3-8H2,1-2H3. The smallest absolute Gasteiger partial charge is 0.314 e. The van der Waals surface area contributed by atoms with Gasteiger partial charge in [0.2, 0.25) is 0 Å². The van der Waals surface area contributed by atoms with E-state index in [2.05, 4.69) is 24.1 Å². The van der Waals surface area contributed by atoms with Gasteiger partial charge in [-0.2, -0.15) is 13.2 Å². The predicted molar refractivity (Wildman–Crippen MR) is 53.8 cm³/mol. The maximum atomic E-state index is 12.0. The van der Waals surface area contributed by atoms with E-state index in [0.29, 0.717) is 6.54 Å². The monoisotopic (exact) mass is 224 g/mol. The minimum atomic E-state index is -4.02. The molecule has 0 spiro atoms. The highest BCUT2D eigenvalue weighted by Crippen LogP contribution is 2.23. The van der Waals surface area contributed by atoms with Crippen molar-refractivity contribution >= 4 is 0 Å². The van der Waals surface area contributed by atoms with Gasteiger partial charge < -0.3 is 5.32 Å². The van der Waals surface area contributed by atoms with Crippen LogP contribution in [0.25, 0.3) is 0 Å². The second kappa shape index (κ2) is 4.70. The van der Waals surface area contributed by atoms with Gasteiger partial charge in [0, 0.05) is 31.6 Å². The molecular weight excluding hydrogens is 205 g/mol. The fourth-order valence-electron chi connectivity index (χ4n) is 1.91. The topological polar surface area (TPSA) is 15.3 Å². The van der Waals surface area contributed by atoms with Crippen molar-refractivity contribution in [1.82, 2.24) is 10.2 Å². The van der Waals surface area contributed by atoms with E-state index in [1.807, 2.05) is 0 Å². The summed E-state index contributed by atoms with van der Waals surface area (Å²) < 4.78 is 35.9. The summed E-state index contributed by atoms with van der Waals surface area (Å²) in [7, 11) is 0. The molecule has 0 aromatic carbocycles. The van der Waals surface area contributed by atoms with Gasteiger partial charge in [0.25, 0.3) is 0 Å². The molecule has 0 aromatic heterocycles. The maximum absolute atomic E-state index is 12.0. The van der Waals surface area contributed by atoms with E-state index >= 15 is 0 Å². The van der Waals surface area contributed by atoms with Crippen molar-refractivity contribution < 1.29 is 13.2 Å². The van der Waals surface area contributed by atoms with Crippen molar-refractivity contribution in [3.8, 4) is 0 Å². The van der Waals surface area contributed by atoms with Crippen molar-refractivity contribution in [2.24, 2.45) is 0 Å². The Balaban J connectivity index is 2.31. The minimum absolute atomic E-state index is 0.0240. The van der Waals surface area contributed by atoms with Crippen LogP contribution in [-0.2, 0) is 0 Å². The van der Waals surface area contributed by atoms with Gasteiger partial charge >= 0.3 is 6.18 Å². The summed E-state index contributed by atoms with van der Waals surface area (Å²) in [6.45, 7) is 7.22. The Morgan fingerprint density at radius 2 is 2.00 bits per heavy atom. The van der Waals surface area contributed by atoms with E-state index in [4.69, 9.17) is 0 Å². The average Bonchev–Trinajstić information content (AvgIpc) is 2.05. The van der Waals surface area contributed by atoms with Gasteiger partial charge in [-0.05, 0) is 26.8 Å². The third-order valence-corrected chi connectivity index (χ3v) is 2.86. The number of alkyl halides is 3. The molecule has 0 aliphatic carbocycles. The molecule has 0 amide bonds. The zero-order valence-corrected chi connectivity index (χ0v) is 9.32. The van der Waals surface area contributed by atoms with E-state index in [-0.39, 0.29) is 12.0 Å². The molecule has 90 valence electrons. The molecule has 1 heterocycles. The van der Waals surface area contributed by atoms with Crippen LogP contribution < -0.4 is 5.32 Å². The Labute approximate surface area is 88.8 Å². The summed E-state index contributed by atoms with van der Waals surface area (Å²) >= 11 is 0. The Hall–Kier alpha value is -0.290. The molecular formula is C10H19F3N2. The van der Waals surface area contributed by atoms with Gasteiger partial charge in [-0.1, -0.05) is 0 Å². The Kier molecular flexibility index (Phi) is 4.00. The van der Waals surface area contributed by atoms with Crippen LogP contribution in [0, 0.1) is 0 Å². The SMILES string of the molecule is CC1(C)CNCCN1CCCC(F)(F)F. The van der Waals surface area contributed by atoms with Gasteiger partial charge in [-0.3, -0.25) is 4.90 Å². The van der Waals surface area contributed by atoms with E-state index in [1.54, 1.807) is 0 Å². The molecule has 1 saturated heterocycles. The normalized spacial score (nSPS) is 23.0. The van der Waals surface area contributed by atoms with E-state index < -0.39 is 12.6 Å². The molecule has 1 rings (SSSR count). The summed E-state index contributed by atoms with van der Waals surface area (Å²) in [6.07, 6.45) is -4.49. The van der Waals surface area contributed by atoms with E-state index in [0.717, 1.165) is 19.6 Å². The highest BCUT2D eigenvalue weighted by Gasteiger charge is 2.31. The van der Waals surface area contributed by atoms with Crippen molar-refractivity contribution in [3.63, 3.8) is 0 Å². The van der Waals surface area contributed by atoms with Gasteiger partial charge in [-0.15, -0.1) is 0 Å². The Morgan fingerprint density at radius 3 is 2.53 bits per heavy atom. The van der Waals surface area contributed by atoms with Gasteiger partial charge in [-0.25, -0.2) is 0 Å². The first-order chi connectivity index (χ1) is 6.81. The Bertz CT molecular complexity index is 201. The molecule has 0 unspecified atom stereocenters. The van der Waals surface area contributed by atoms with Crippen molar-refractivity contribution in [1.29, 1.82) is 0 Å².